The number of hydrogen-bond acceptors (Lipinski definition) is 3. The Balaban J connectivity index is 2.37. The van der Waals surface area contributed by atoms with E-state index in [1.54, 1.807) is 12.1 Å². The van der Waals surface area contributed by atoms with Crippen molar-refractivity contribution in [2.75, 3.05) is 5.73 Å². The number of nitrogen functional groups attached to an aromatic ring is 1. The van der Waals surface area contributed by atoms with Gasteiger partial charge in [0.1, 0.15) is 10.9 Å². The van der Waals surface area contributed by atoms with Crippen molar-refractivity contribution in [1.29, 1.82) is 0 Å². The van der Waals surface area contributed by atoms with E-state index in [1.165, 1.54) is 0 Å². The first-order chi connectivity index (χ1) is 8.58. The molecule has 18 heavy (non-hydrogen) atoms. The SMILES string of the molecule is CC(C)c1ccccc1Oc1nc(Cl)ccc1N. The summed E-state index contributed by atoms with van der Waals surface area (Å²) in [5, 5.41) is 0.362. The summed E-state index contributed by atoms with van der Waals surface area (Å²) in [6.07, 6.45) is 0. The number of aromatic nitrogens is 1. The van der Waals surface area contributed by atoms with Crippen LogP contribution in [-0.2, 0) is 0 Å². The summed E-state index contributed by atoms with van der Waals surface area (Å²) >= 11 is 5.84. The van der Waals surface area contributed by atoms with E-state index in [-0.39, 0.29) is 0 Å². The number of anilines is 1. The second-order valence-electron chi connectivity index (χ2n) is 4.32. The molecule has 0 aliphatic rings. The Kier molecular flexibility index (Phi) is 3.72. The maximum Gasteiger partial charge on any atom is 0.244 e. The summed E-state index contributed by atoms with van der Waals surface area (Å²) < 4.78 is 5.76. The summed E-state index contributed by atoms with van der Waals surface area (Å²) in [5.74, 6) is 1.46. The molecule has 0 aliphatic carbocycles. The molecule has 0 amide bonds. The number of para-hydroxylation sites is 1. The molecule has 1 aromatic carbocycles. The van der Waals surface area contributed by atoms with Gasteiger partial charge in [0.05, 0.1) is 5.69 Å². The van der Waals surface area contributed by atoms with Gasteiger partial charge in [-0.25, -0.2) is 0 Å². The highest BCUT2D eigenvalue weighted by molar-refractivity contribution is 6.29. The highest BCUT2D eigenvalue weighted by Gasteiger charge is 2.10. The Morgan fingerprint density at radius 2 is 1.89 bits per heavy atom. The molecule has 1 aromatic heterocycles. The van der Waals surface area contributed by atoms with Crippen molar-refractivity contribution < 1.29 is 4.74 Å². The van der Waals surface area contributed by atoms with Crippen LogP contribution >= 0.6 is 11.6 Å². The minimum Gasteiger partial charge on any atom is -0.437 e. The van der Waals surface area contributed by atoms with Crippen LogP contribution in [-0.4, -0.2) is 4.98 Å². The lowest BCUT2D eigenvalue weighted by molar-refractivity contribution is 0.457. The van der Waals surface area contributed by atoms with Crippen molar-refractivity contribution in [3.05, 3.63) is 47.1 Å². The Morgan fingerprint density at radius 3 is 2.61 bits per heavy atom. The van der Waals surface area contributed by atoms with Crippen LogP contribution in [0.1, 0.15) is 25.3 Å². The molecule has 2 rings (SSSR count). The highest BCUT2D eigenvalue weighted by Crippen LogP contribution is 2.32. The van der Waals surface area contributed by atoms with E-state index in [1.807, 2.05) is 24.3 Å². The van der Waals surface area contributed by atoms with Gasteiger partial charge in [-0.3, -0.25) is 0 Å². The molecule has 0 bridgehead atoms. The summed E-state index contributed by atoms with van der Waals surface area (Å²) in [6.45, 7) is 4.22. The predicted molar refractivity (Wildman–Crippen MR) is 74.3 cm³/mol. The van der Waals surface area contributed by atoms with Crippen LogP contribution in [0.5, 0.6) is 11.6 Å². The van der Waals surface area contributed by atoms with Crippen LogP contribution < -0.4 is 10.5 Å². The second kappa shape index (κ2) is 5.27. The molecule has 0 radical (unpaired) electrons. The van der Waals surface area contributed by atoms with E-state index in [0.29, 0.717) is 22.6 Å². The molecule has 0 saturated carbocycles. The lowest BCUT2D eigenvalue weighted by Gasteiger charge is -2.13. The zero-order chi connectivity index (χ0) is 13.1. The number of nitrogens with zero attached hydrogens (tertiary/aromatic N) is 1. The number of pyridine rings is 1. The maximum absolute atomic E-state index is 5.84. The molecular formula is C14H15ClN2O. The molecular weight excluding hydrogens is 248 g/mol. The molecule has 1 heterocycles. The minimum atomic E-state index is 0.343. The standard InChI is InChI=1S/C14H15ClN2O/c1-9(2)10-5-3-4-6-12(10)18-14-11(16)7-8-13(15)17-14/h3-9H,16H2,1-2H3. The first-order valence-electron chi connectivity index (χ1n) is 5.76. The molecule has 0 spiro atoms. The van der Waals surface area contributed by atoms with Gasteiger partial charge in [-0.1, -0.05) is 43.6 Å². The summed E-state index contributed by atoms with van der Waals surface area (Å²) in [5.41, 5.74) is 7.40. The van der Waals surface area contributed by atoms with Crippen LogP contribution in [0.3, 0.4) is 0 Å². The molecule has 2 N–H and O–H groups in total. The Morgan fingerprint density at radius 1 is 1.17 bits per heavy atom. The van der Waals surface area contributed by atoms with Crippen LogP contribution in [0.15, 0.2) is 36.4 Å². The van der Waals surface area contributed by atoms with E-state index in [2.05, 4.69) is 18.8 Å². The van der Waals surface area contributed by atoms with Gasteiger partial charge in [-0.05, 0) is 29.7 Å². The summed E-state index contributed by atoms with van der Waals surface area (Å²) in [7, 11) is 0. The van der Waals surface area contributed by atoms with Gasteiger partial charge in [-0.15, -0.1) is 0 Å². The first kappa shape index (κ1) is 12.7. The molecule has 0 unspecified atom stereocenters. The highest BCUT2D eigenvalue weighted by atomic mass is 35.5. The van der Waals surface area contributed by atoms with Crippen molar-refractivity contribution in [2.45, 2.75) is 19.8 Å². The topological polar surface area (TPSA) is 48.1 Å². The molecule has 4 heteroatoms. The number of benzene rings is 1. The Hall–Kier alpha value is -1.74. The summed E-state index contributed by atoms with van der Waals surface area (Å²) in [6, 6.07) is 11.2. The van der Waals surface area contributed by atoms with Crippen molar-refractivity contribution in [2.24, 2.45) is 0 Å². The number of rotatable bonds is 3. The predicted octanol–water partition coefficient (Wildman–Crippen LogP) is 4.23. The van der Waals surface area contributed by atoms with E-state index >= 15 is 0 Å². The molecule has 0 atom stereocenters. The van der Waals surface area contributed by atoms with Crippen molar-refractivity contribution in [3.63, 3.8) is 0 Å². The van der Waals surface area contributed by atoms with Crippen molar-refractivity contribution in [3.8, 4) is 11.6 Å². The Labute approximate surface area is 112 Å². The van der Waals surface area contributed by atoms with Gasteiger partial charge in [0.25, 0.3) is 0 Å². The number of ether oxygens (including phenoxy) is 1. The van der Waals surface area contributed by atoms with Crippen molar-refractivity contribution in [1.82, 2.24) is 4.98 Å². The fraction of sp³-hybridized carbons (Fsp3) is 0.214. The molecule has 0 aliphatic heterocycles. The lowest BCUT2D eigenvalue weighted by Crippen LogP contribution is -1.98. The monoisotopic (exact) mass is 262 g/mol. The van der Waals surface area contributed by atoms with Gasteiger partial charge in [-0.2, -0.15) is 4.98 Å². The third kappa shape index (κ3) is 2.74. The normalized spacial score (nSPS) is 10.7. The largest absolute Gasteiger partial charge is 0.437 e. The summed E-state index contributed by atoms with van der Waals surface area (Å²) in [4.78, 5) is 4.09. The second-order valence-corrected chi connectivity index (χ2v) is 4.71. The van der Waals surface area contributed by atoms with Gasteiger partial charge in [0.15, 0.2) is 0 Å². The number of nitrogens with two attached hydrogens (primary N) is 1. The van der Waals surface area contributed by atoms with Gasteiger partial charge < -0.3 is 10.5 Å². The van der Waals surface area contributed by atoms with Gasteiger partial charge >= 0.3 is 0 Å². The van der Waals surface area contributed by atoms with Gasteiger partial charge in [0, 0.05) is 0 Å². The fourth-order valence-electron chi connectivity index (χ4n) is 1.67. The van der Waals surface area contributed by atoms with E-state index in [4.69, 9.17) is 22.1 Å². The molecule has 0 saturated heterocycles. The van der Waals surface area contributed by atoms with Crippen molar-refractivity contribution >= 4 is 17.3 Å². The quantitative estimate of drug-likeness (QED) is 0.842. The third-order valence-corrected chi connectivity index (χ3v) is 2.81. The molecule has 3 nitrogen and oxygen atoms in total. The molecule has 0 fully saturated rings. The van der Waals surface area contributed by atoms with Crippen LogP contribution in [0.2, 0.25) is 5.15 Å². The zero-order valence-corrected chi connectivity index (χ0v) is 11.1. The van der Waals surface area contributed by atoms with E-state index in [0.717, 1.165) is 11.3 Å². The average Bonchev–Trinajstić information content (AvgIpc) is 2.34. The zero-order valence-electron chi connectivity index (χ0n) is 10.4. The minimum absolute atomic E-state index is 0.343. The fourth-order valence-corrected chi connectivity index (χ4v) is 1.80. The van der Waals surface area contributed by atoms with Crippen LogP contribution in [0.4, 0.5) is 5.69 Å². The molecule has 94 valence electrons. The third-order valence-electron chi connectivity index (χ3n) is 2.60. The smallest absolute Gasteiger partial charge is 0.244 e. The van der Waals surface area contributed by atoms with E-state index in [9.17, 15) is 0 Å². The Bertz CT molecular complexity index is 555. The number of hydrogen-bond donors (Lipinski definition) is 1. The van der Waals surface area contributed by atoms with Crippen LogP contribution in [0.25, 0.3) is 0 Å². The molecule has 2 aromatic rings. The van der Waals surface area contributed by atoms with E-state index < -0.39 is 0 Å². The van der Waals surface area contributed by atoms with Crippen LogP contribution in [0, 0.1) is 0 Å². The first-order valence-corrected chi connectivity index (χ1v) is 6.14. The maximum atomic E-state index is 5.84. The lowest BCUT2D eigenvalue weighted by atomic mass is 10.0. The number of halogens is 1. The van der Waals surface area contributed by atoms with Gasteiger partial charge in [0.2, 0.25) is 5.88 Å². The average molecular weight is 263 g/mol.